The smallest absolute Gasteiger partial charge is 0.227 e. The molecule has 2 atom stereocenters. The topological polar surface area (TPSA) is 42.0 Å². The first kappa shape index (κ1) is 21.6. The molecule has 1 spiro atoms. The van der Waals surface area contributed by atoms with Crippen molar-refractivity contribution in [2.45, 2.75) is 43.6 Å². The first-order valence-electron chi connectivity index (χ1n) is 9.64. The summed E-state index contributed by atoms with van der Waals surface area (Å²) in [5.74, 6) is -0.524. The molecular formula is C21H28Cl2N2O3. The van der Waals surface area contributed by atoms with Crippen LogP contribution >= 0.6 is 23.2 Å². The highest BCUT2D eigenvalue weighted by atomic mass is 35.5. The molecule has 0 N–H and O–H groups in total. The van der Waals surface area contributed by atoms with Gasteiger partial charge in [-0.25, -0.2) is 0 Å². The molecular weight excluding hydrogens is 399 g/mol. The molecule has 1 aromatic rings. The van der Waals surface area contributed by atoms with Crippen LogP contribution in [-0.4, -0.2) is 67.4 Å². The van der Waals surface area contributed by atoms with E-state index >= 15 is 0 Å². The SMILES string of the molecule is C=CCN(C)C1CCC2(CC1N(C)C(=O)Cc1ccc(Cl)c(Cl)c1)OCCO2. The van der Waals surface area contributed by atoms with Gasteiger partial charge in [0.05, 0.1) is 35.7 Å². The summed E-state index contributed by atoms with van der Waals surface area (Å²) in [6.07, 6.45) is 4.57. The second-order valence-electron chi connectivity index (χ2n) is 7.64. The number of likely N-dealkylation sites (N-methyl/N-ethyl adjacent to an activating group) is 2. The predicted octanol–water partition coefficient (Wildman–Crippen LogP) is 3.78. The van der Waals surface area contributed by atoms with Crippen LogP contribution in [-0.2, 0) is 20.7 Å². The molecule has 1 aliphatic heterocycles. The molecule has 1 aliphatic carbocycles. The zero-order chi connectivity index (χ0) is 20.3. The molecule has 2 fully saturated rings. The summed E-state index contributed by atoms with van der Waals surface area (Å²) in [6.45, 7) is 5.84. The Morgan fingerprint density at radius 1 is 1.25 bits per heavy atom. The molecule has 3 rings (SSSR count). The summed E-state index contributed by atoms with van der Waals surface area (Å²) < 4.78 is 11.9. The van der Waals surface area contributed by atoms with E-state index in [4.69, 9.17) is 32.7 Å². The number of amides is 1. The quantitative estimate of drug-likeness (QED) is 0.649. The van der Waals surface area contributed by atoms with Crippen LogP contribution in [0.5, 0.6) is 0 Å². The summed E-state index contributed by atoms with van der Waals surface area (Å²) >= 11 is 12.1. The number of nitrogens with zero attached hydrogens (tertiary/aromatic N) is 2. The average Bonchev–Trinajstić information content (AvgIpc) is 3.12. The third-order valence-electron chi connectivity index (χ3n) is 5.81. The summed E-state index contributed by atoms with van der Waals surface area (Å²) in [5.41, 5.74) is 0.848. The van der Waals surface area contributed by atoms with Gasteiger partial charge in [0.1, 0.15) is 0 Å². The fourth-order valence-corrected chi connectivity index (χ4v) is 4.58. The van der Waals surface area contributed by atoms with Gasteiger partial charge in [0.2, 0.25) is 5.91 Å². The third-order valence-corrected chi connectivity index (χ3v) is 6.55. The van der Waals surface area contributed by atoms with Gasteiger partial charge in [0.25, 0.3) is 0 Å². The largest absolute Gasteiger partial charge is 0.347 e. The molecule has 154 valence electrons. The van der Waals surface area contributed by atoms with Crippen LogP contribution in [0.4, 0.5) is 0 Å². The maximum atomic E-state index is 13.1. The second kappa shape index (κ2) is 9.14. The molecule has 1 heterocycles. The van der Waals surface area contributed by atoms with Gasteiger partial charge < -0.3 is 14.4 Å². The summed E-state index contributed by atoms with van der Waals surface area (Å²) in [4.78, 5) is 17.2. The molecule has 28 heavy (non-hydrogen) atoms. The highest BCUT2D eigenvalue weighted by Crippen LogP contribution is 2.39. The van der Waals surface area contributed by atoms with Crippen molar-refractivity contribution in [2.24, 2.45) is 0 Å². The van der Waals surface area contributed by atoms with E-state index < -0.39 is 5.79 Å². The molecule has 2 unspecified atom stereocenters. The Labute approximate surface area is 177 Å². The van der Waals surface area contributed by atoms with Crippen molar-refractivity contribution in [3.8, 4) is 0 Å². The van der Waals surface area contributed by atoms with Crippen LogP contribution in [0.15, 0.2) is 30.9 Å². The van der Waals surface area contributed by atoms with Gasteiger partial charge in [-0.15, -0.1) is 6.58 Å². The Balaban J connectivity index is 1.76. The highest BCUT2D eigenvalue weighted by molar-refractivity contribution is 6.42. The zero-order valence-electron chi connectivity index (χ0n) is 16.5. The molecule has 7 heteroatoms. The molecule has 5 nitrogen and oxygen atoms in total. The van der Waals surface area contributed by atoms with Crippen molar-refractivity contribution >= 4 is 29.1 Å². The molecule has 1 aromatic carbocycles. The fraction of sp³-hybridized carbons (Fsp3) is 0.571. The van der Waals surface area contributed by atoms with Crippen LogP contribution in [0.1, 0.15) is 24.8 Å². The van der Waals surface area contributed by atoms with Crippen LogP contribution in [0.2, 0.25) is 10.0 Å². The van der Waals surface area contributed by atoms with Crippen LogP contribution in [0, 0.1) is 0 Å². The molecule has 0 bridgehead atoms. The van der Waals surface area contributed by atoms with Gasteiger partial charge in [0, 0.05) is 32.5 Å². The van der Waals surface area contributed by atoms with Crippen molar-refractivity contribution in [3.63, 3.8) is 0 Å². The summed E-state index contributed by atoms with van der Waals surface area (Å²) in [6, 6.07) is 5.53. The lowest BCUT2D eigenvalue weighted by Gasteiger charge is -2.47. The summed E-state index contributed by atoms with van der Waals surface area (Å²) in [7, 11) is 3.94. The van der Waals surface area contributed by atoms with Crippen molar-refractivity contribution in [3.05, 3.63) is 46.5 Å². The van der Waals surface area contributed by atoms with E-state index in [-0.39, 0.29) is 24.4 Å². The monoisotopic (exact) mass is 426 g/mol. The van der Waals surface area contributed by atoms with Crippen molar-refractivity contribution < 1.29 is 14.3 Å². The summed E-state index contributed by atoms with van der Waals surface area (Å²) in [5, 5.41) is 0.949. The van der Waals surface area contributed by atoms with E-state index in [0.717, 1.165) is 24.9 Å². The Morgan fingerprint density at radius 2 is 1.96 bits per heavy atom. The molecule has 0 radical (unpaired) electrons. The number of hydrogen-bond donors (Lipinski definition) is 0. The van der Waals surface area contributed by atoms with Gasteiger partial charge in [-0.1, -0.05) is 35.3 Å². The lowest BCUT2D eigenvalue weighted by Crippen LogP contribution is -2.58. The molecule has 0 aromatic heterocycles. The molecule has 2 aliphatic rings. The number of ether oxygens (including phenoxy) is 2. The second-order valence-corrected chi connectivity index (χ2v) is 8.46. The fourth-order valence-electron chi connectivity index (χ4n) is 4.26. The normalized spacial score (nSPS) is 23.9. The van der Waals surface area contributed by atoms with E-state index in [0.29, 0.717) is 29.7 Å². The minimum atomic E-state index is -0.561. The Kier molecular flexibility index (Phi) is 7.05. The Morgan fingerprint density at radius 3 is 2.61 bits per heavy atom. The van der Waals surface area contributed by atoms with Crippen molar-refractivity contribution in [1.29, 1.82) is 0 Å². The van der Waals surface area contributed by atoms with E-state index in [1.165, 1.54) is 0 Å². The number of benzene rings is 1. The van der Waals surface area contributed by atoms with Crippen LogP contribution < -0.4 is 0 Å². The first-order chi connectivity index (χ1) is 13.3. The number of carbonyl (C=O) groups is 1. The molecule has 1 saturated carbocycles. The van der Waals surface area contributed by atoms with Crippen LogP contribution in [0.25, 0.3) is 0 Å². The number of carbonyl (C=O) groups excluding carboxylic acids is 1. The van der Waals surface area contributed by atoms with Gasteiger partial charge in [-0.2, -0.15) is 0 Å². The number of hydrogen-bond acceptors (Lipinski definition) is 4. The van der Waals surface area contributed by atoms with Gasteiger partial charge in [0.15, 0.2) is 5.79 Å². The average molecular weight is 427 g/mol. The minimum absolute atomic E-state index is 0.00734. The highest BCUT2D eigenvalue weighted by Gasteiger charge is 2.48. The first-order valence-corrected chi connectivity index (χ1v) is 10.4. The maximum absolute atomic E-state index is 13.1. The lowest BCUT2D eigenvalue weighted by molar-refractivity contribution is -0.198. The maximum Gasteiger partial charge on any atom is 0.227 e. The Bertz CT molecular complexity index is 722. The van der Waals surface area contributed by atoms with E-state index in [9.17, 15) is 4.79 Å². The third kappa shape index (κ3) is 4.71. The predicted molar refractivity (Wildman–Crippen MR) is 112 cm³/mol. The number of rotatable bonds is 6. The molecule has 1 amide bonds. The van der Waals surface area contributed by atoms with Gasteiger partial charge >= 0.3 is 0 Å². The van der Waals surface area contributed by atoms with Crippen LogP contribution in [0.3, 0.4) is 0 Å². The number of halogens is 2. The molecule has 1 saturated heterocycles. The standard InChI is InChI=1S/C21H28Cl2N2O3/c1-4-9-24(2)18-7-8-21(27-10-11-28-21)14-19(18)25(3)20(26)13-15-5-6-16(22)17(23)12-15/h4-6,12,18-19H,1,7-11,13-14H2,2-3H3. The van der Waals surface area contributed by atoms with Crippen molar-refractivity contribution in [2.75, 3.05) is 33.9 Å². The minimum Gasteiger partial charge on any atom is -0.347 e. The van der Waals surface area contributed by atoms with Crippen molar-refractivity contribution in [1.82, 2.24) is 9.80 Å². The Hall–Kier alpha value is -1.11. The van der Waals surface area contributed by atoms with E-state index in [2.05, 4.69) is 18.5 Å². The zero-order valence-corrected chi connectivity index (χ0v) is 18.0. The lowest BCUT2D eigenvalue weighted by atomic mass is 9.83. The van der Waals surface area contributed by atoms with Gasteiger partial charge in [-0.3, -0.25) is 9.69 Å². The van der Waals surface area contributed by atoms with E-state index in [1.54, 1.807) is 12.1 Å². The van der Waals surface area contributed by atoms with E-state index in [1.807, 2.05) is 24.1 Å². The van der Waals surface area contributed by atoms with Gasteiger partial charge in [-0.05, 0) is 31.2 Å².